The van der Waals surface area contributed by atoms with Crippen molar-refractivity contribution >= 4 is 5.91 Å². The van der Waals surface area contributed by atoms with E-state index in [1.54, 1.807) is 12.1 Å². The summed E-state index contributed by atoms with van der Waals surface area (Å²) in [6.45, 7) is 3.92. The molecule has 1 saturated heterocycles. The number of rotatable bonds is 8. The Balaban J connectivity index is 1.41. The number of nitrogens with one attached hydrogen (secondary N) is 1. The Kier molecular flexibility index (Phi) is 6.37. The Bertz CT molecular complexity index is 953. The van der Waals surface area contributed by atoms with Crippen molar-refractivity contribution < 1.29 is 9.53 Å². The number of aromatic nitrogens is 1. The van der Waals surface area contributed by atoms with Gasteiger partial charge in [0.05, 0.1) is 5.56 Å². The fourth-order valence-electron chi connectivity index (χ4n) is 3.69. The molecule has 1 amide bonds. The number of pyridine rings is 1. The highest BCUT2D eigenvalue weighted by Gasteiger charge is 2.22. The summed E-state index contributed by atoms with van der Waals surface area (Å²) < 4.78 is 5.78. The van der Waals surface area contributed by atoms with Gasteiger partial charge in [0.2, 0.25) is 11.8 Å². The summed E-state index contributed by atoms with van der Waals surface area (Å²) in [7, 11) is 0. The maximum absolute atomic E-state index is 11.1. The van der Waals surface area contributed by atoms with Crippen LogP contribution in [0.25, 0.3) is 0 Å². The fourth-order valence-corrected chi connectivity index (χ4v) is 3.69. The second-order valence-corrected chi connectivity index (χ2v) is 7.53. The monoisotopic (exact) mass is 402 g/mol. The first kappa shape index (κ1) is 20.1. The number of primary amides is 1. The number of nitrogens with two attached hydrogens (primary N) is 1. The maximum atomic E-state index is 11.1. The summed E-state index contributed by atoms with van der Waals surface area (Å²) in [5.41, 5.74) is 8.16. The van der Waals surface area contributed by atoms with Crippen LogP contribution in [-0.4, -0.2) is 34.9 Å². The molecule has 30 heavy (non-hydrogen) atoms. The van der Waals surface area contributed by atoms with Crippen LogP contribution < -0.4 is 15.8 Å². The molecule has 1 atom stereocenters. The van der Waals surface area contributed by atoms with Gasteiger partial charge in [0, 0.05) is 37.9 Å². The summed E-state index contributed by atoms with van der Waals surface area (Å²) in [6, 6.07) is 22.5. The van der Waals surface area contributed by atoms with Gasteiger partial charge in [-0.3, -0.25) is 9.69 Å². The van der Waals surface area contributed by atoms with Crippen LogP contribution in [0.4, 0.5) is 0 Å². The molecule has 1 aromatic heterocycles. The van der Waals surface area contributed by atoms with Gasteiger partial charge >= 0.3 is 0 Å². The van der Waals surface area contributed by atoms with Gasteiger partial charge in [-0.2, -0.15) is 0 Å². The fraction of sp³-hybridized carbons (Fsp3) is 0.250. The Morgan fingerprint density at radius 3 is 2.37 bits per heavy atom. The average molecular weight is 402 g/mol. The van der Waals surface area contributed by atoms with Crippen LogP contribution in [0.5, 0.6) is 11.6 Å². The summed E-state index contributed by atoms with van der Waals surface area (Å²) >= 11 is 0. The Labute approximate surface area is 176 Å². The largest absolute Gasteiger partial charge is 0.439 e. The van der Waals surface area contributed by atoms with Gasteiger partial charge in [0.1, 0.15) is 5.75 Å². The smallest absolute Gasteiger partial charge is 0.250 e. The molecule has 1 aliphatic rings. The molecule has 6 nitrogen and oxygen atoms in total. The lowest BCUT2D eigenvalue weighted by atomic mass is 10.1. The van der Waals surface area contributed by atoms with Crippen molar-refractivity contribution in [1.82, 2.24) is 15.2 Å². The second kappa shape index (κ2) is 9.52. The first-order valence-electron chi connectivity index (χ1n) is 10.2. The predicted molar refractivity (Wildman–Crippen MR) is 116 cm³/mol. The normalized spacial score (nSPS) is 16.0. The molecule has 0 saturated carbocycles. The zero-order valence-corrected chi connectivity index (χ0v) is 16.8. The zero-order valence-electron chi connectivity index (χ0n) is 16.8. The van der Waals surface area contributed by atoms with E-state index in [4.69, 9.17) is 10.5 Å². The highest BCUT2D eigenvalue weighted by molar-refractivity contribution is 5.92. The van der Waals surface area contributed by atoms with Crippen LogP contribution in [0.15, 0.2) is 72.9 Å². The van der Waals surface area contributed by atoms with E-state index in [-0.39, 0.29) is 0 Å². The molecule has 154 valence electrons. The van der Waals surface area contributed by atoms with Gasteiger partial charge in [0.15, 0.2) is 0 Å². The van der Waals surface area contributed by atoms with Gasteiger partial charge in [-0.05, 0) is 42.3 Å². The number of hydrogen-bond acceptors (Lipinski definition) is 5. The number of nitrogens with zero attached hydrogens (tertiary/aromatic N) is 2. The molecular weight excluding hydrogens is 376 g/mol. The van der Waals surface area contributed by atoms with Crippen molar-refractivity contribution in [3.63, 3.8) is 0 Å². The molecule has 0 radical (unpaired) electrons. The quantitative estimate of drug-likeness (QED) is 0.604. The van der Waals surface area contributed by atoms with Crippen LogP contribution in [-0.2, 0) is 13.1 Å². The average Bonchev–Trinajstić information content (AvgIpc) is 3.31. The van der Waals surface area contributed by atoms with E-state index in [1.807, 2.05) is 12.1 Å². The molecular formula is C24H26N4O2. The Morgan fingerprint density at radius 1 is 1.03 bits per heavy atom. The third kappa shape index (κ3) is 5.23. The van der Waals surface area contributed by atoms with Crippen LogP contribution >= 0.6 is 0 Å². The van der Waals surface area contributed by atoms with E-state index in [9.17, 15) is 4.79 Å². The number of amides is 1. The van der Waals surface area contributed by atoms with Gasteiger partial charge < -0.3 is 15.8 Å². The molecule has 0 aliphatic carbocycles. The molecule has 0 unspecified atom stereocenters. The van der Waals surface area contributed by atoms with E-state index in [0.29, 0.717) is 23.2 Å². The minimum atomic E-state index is -0.504. The molecule has 0 spiro atoms. The van der Waals surface area contributed by atoms with Crippen molar-refractivity contribution in [2.45, 2.75) is 25.6 Å². The molecule has 3 N–H and O–H groups in total. The third-order valence-electron chi connectivity index (χ3n) is 5.33. The standard InChI is InChI=1S/C24H26N4O2/c25-24(29)20-8-11-23(27-14-20)30-22-9-6-19(7-10-22)17-28(21-12-13-26-15-21)16-18-4-2-1-3-5-18/h1-11,14,21,26H,12-13,15-17H2,(H2,25,29)/t21-/m1/s1. The number of benzene rings is 2. The lowest BCUT2D eigenvalue weighted by molar-refractivity contribution is 0.1000. The van der Waals surface area contributed by atoms with E-state index in [0.717, 1.165) is 26.2 Å². The summed E-state index contributed by atoms with van der Waals surface area (Å²) in [5, 5.41) is 3.47. The van der Waals surface area contributed by atoms with Crippen LogP contribution in [0.2, 0.25) is 0 Å². The van der Waals surface area contributed by atoms with Gasteiger partial charge in [-0.15, -0.1) is 0 Å². The first-order valence-corrected chi connectivity index (χ1v) is 10.2. The number of carbonyl (C=O) groups is 1. The van der Waals surface area contributed by atoms with Gasteiger partial charge in [0.25, 0.3) is 0 Å². The molecule has 6 heteroatoms. The van der Waals surface area contributed by atoms with E-state index in [1.165, 1.54) is 23.7 Å². The lowest BCUT2D eigenvalue weighted by Crippen LogP contribution is -2.35. The maximum Gasteiger partial charge on any atom is 0.250 e. The van der Waals surface area contributed by atoms with E-state index >= 15 is 0 Å². The Morgan fingerprint density at radius 2 is 1.77 bits per heavy atom. The zero-order chi connectivity index (χ0) is 20.8. The minimum absolute atomic E-state index is 0.359. The number of hydrogen-bond donors (Lipinski definition) is 2. The molecule has 1 fully saturated rings. The molecule has 1 aliphatic heterocycles. The lowest BCUT2D eigenvalue weighted by Gasteiger charge is -2.28. The minimum Gasteiger partial charge on any atom is -0.439 e. The highest BCUT2D eigenvalue weighted by atomic mass is 16.5. The first-order chi connectivity index (χ1) is 14.7. The topological polar surface area (TPSA) is 80.5 Å². The van der Waals surface area contributed by atoms with E-state index in [2.05, 4.69) is 57.7 Å². The molecule has 3 aromatic rings. The van der Waals surface area contributed by atoms with Crippen LogP contribution in [0.3, 0.4) is 0 Å². The molecule has 2 heterocycles. The van der Waals surface area contributed by atoms with Crippen molar-refractivity contribution in [3.8, 4) is 11.6 Å². The molecule has 4 rings (SSSR count). The van der Waals surface area contributed by atoms with Gasteiger partial charge in [-0.25, -0.2) is 4.98 Å². The van der Waals surface area contributed by atoms with Crippen molar-refractivity contribution in [3.05, 3.63) is 89.6 Å². The summed E-state index contributed by atoms with van der Waals surface area (Å²) in [5.74, 6) is 0.627. The Hall–Kier alpha value is -3.22. The second-order valence-electron chi connectivity index (χ2n) is 7.53. The number of carbonyl (C=O) groups excluding carboxylic acids is 1. The van der Waals surface area contributed by atoms with E-state index < -0.39 is 5.91 Å². The van der Waals surface area contributed by atoms with Crippen molar-refractivity contribution in [2.75, 3.05) is 13.1 Å². The van der Waals surface area contributed by atoms with Crippen LogP contribution in [0, 0.1) is 0 Å². The summed E-state index contributed by atoms with van der Waals surface area (Å²) in [6.07, 6.45) is 2.59. The summed E-state index contributed by atoms with van der Waals surface area (Å²) in [4.78, 5) is 17.8. The highest BCUT2D eigenvalue weighted by Crippen LogP contribution is 2.22. The van der Waals surface area contributed by atoms with Gasteiger partial charge in [-0.1, -0.05) is 42.5 Å². The molecule has 0 bridgehead atoms. The third-order valence-corrected chi connectivity index (χ3v) is 5.33. The number of ether oxygens (including phenoxy) is 1. The predicted octanol–water partition coefficient (Wildman–Crippen LogP) is 3.34. The van der Waals surface area contributed by atoms with Crippen molar-refractivity contribution in [1.29, 1.82) is 0 Å². The van der Waals surface area contributed by atoms with Crippen molar-refractivity contribution in [2.24, 2.45) is 5.73 Å². The van der Waals surface area contributed by atoms with Crippen LogP contribution in [0.1, 0.15) is 27.9 Å². The SMILES string of the molecule is NC(=O)c1ccc(Oc2ccc(CN(Cc3ccccc3)[C@@H]3CCNC3)cc2)nc1. The molecule has 2 aromatic carbocycles.